The van der Waals surface area contributed by atoms with Gasteiger partial charge in [-0.05, 0) is 67.6 Å². The molecule has 2 bridgehead atoms. The molecule has 1 amide bonds. The van der Waals surface area contributed by atoms with Crippen LogP contribution < -0.4 is 5.32 Å². The van der Waals surface area contributed by atoms with E-state index in [9.17, 15) is 4.79 Å². The Kier molecular flexibility index (Phi) is 4.66. The normalized spacial score (nSPS) is 28.2. The number of fused-ring (bicyclic) bond motifs is 2. The third-order valence-corrected chi connectivity index (χ3v) is 5.62. The first-order valence-corrected chi connectivity index (χ1v) is 8.73. The lowest BCUT2D eigenvalue weighted by Crippen LogP contribution is -2.39. The maximum Gasteiger partial charge on any atom is 0.244 e. The molecule has 0 spiro atoms. The molecule has 1 aromatic rings. The Hall–Kier alpha value is -1.57. The van der Waals surface area contributed by atoms with Gasteiger partial charge in [-0.25, -0.2) is 0 Å². The quantitative estimate of drug-likeness (QED) is 0.811. The number of benzene rings is 1. The summed E-state index contributed by atoms with van der Waals surface area (Å²) in [6.07, 6.45) is 10.1. The predicted molar refractivity (Wildman–Crippen MR) is 91.4 cm³/mol. The summed E-state index contributed by atoms with van der Waals surface area (Å²) in [5.41, 5.74) is 2.41. The van der Waals surface area contributed by atoms with Crippen molar-refractivity contribution in [2.75, 3.05) is 0 Å². The van der Waals surface area contributed by atoms with Crippen LogP contribution in [0.5, 0.6) is 0 Å². The minimum absolute atomic E-state index is 0.0369. The van der Waals surface area contributed by atoms with Gasteiger partial charge in [0.2, 0.25) is 5.91 Å². The van der Waals surface area contributed by atoms with Crippen molar-refractivity contribution in [3.63, 3.8) is 0 Å². The Morgan fingerprint density at radius 1 is 1.27 bits per heavy atom. The highest BCUT2D eigenvalue weighted by Crippen LogP contribution is 2.49. The van der Waals surface area contributed by atoms with Crippen LogP contribution in [-0.4, -0.2) is 11.9 Å². The van der Waals surface area contributed by atoms with Gasteiger partial charge in [-0.2, -0.15) is 0 Å². The standard InChI is InChI=1S/C20H27NO/c1-3-15-4-6-16(7-5-15)9-11-20(22)21-14(2)19-13-17-8-10-18(19)12-17/h4-7,9,11,14,17-19H,3,8,10,12-13H2,1-2H3,(H,21,22)/b11-9-/t14-,17-,18-,19+/m0/s1. The molecule has 0 heterocycles. The Balaban J connectivity index is 1.52. The van der Waals surface area contributed by atoms with Crippen LogP contribution >= 0.6 is 0 Å². The molecule has 1 N–H and O–H groups in total. The number of nitrogens with one attached hydrogen (secondary N) is 1. The molecule has 2 aliphatic carbocycles. The van der Waals surface area contributed by atoms with Crippen molar-refractivity contribution in [2.24, 2.45) is 17.8 Å². The second-order valence-electron chi connectivity index (χ2n) is 7.06. The third-order valence-electron chi connectivity index (χ3n) is 5.62. The van der Waals surface area contributed by atoms with Crippen molar-refractivity contribution in [1.82, 2.24) is 5.32 Å². The number of hydrogen-bond donors (Lipinski definition) is 1. The maximum absolute atomic E-state index is 12.1. The lowest BCUT2D eigenvalue weighted by atomic mass is 9.84. The lowest BCUT2D eigenvalue weighted by molar-refractivity contribution is -0.117. The van der Waals surface area contributed by atoms with Gasteiger partial charge in [-0.15, -0.1) is 0 Å². The zero-order valence-corrected chi connectivity index (χ0v) is 13.7. The summed E-state index contributed by atoms with van der Waals surface area (Å²) < 4.78 is 0. The summed E-state index contributed by atoms with van der Waals surface area (Å²) in [6, 6.07) is 8.68. The molecule has 0 aromatic heterocycles. The molecule has 0 unspecified atom stereocenters. The Bertz CT molecular complexity index is 545. The molecule has 22 heavy (non-hydrogen) atoms. The fourth-order valence-electron chi connectivity index (χ4n) is 4.32. The fraction of sp³-hybridized carbons (Fsp3) is 0.550. The minimum atomic E-state index is 0.0369. The number of rotatable bonds is 5. The van der Waals surface area contributed by atoms with Crippen LogP contribution in [0.2, 0.25) is 0 Å². The zero-order chi connectivity index (χ0) is 15.5. The van der Waals surface area contributed by atoms with Crippen LogP contribution in [0.15, 0.2) is 30.3 Å². The SMILES string of the molecule is CCc1ccc(/C=C\C(=O)N[C@@H](C)[C@H]2C[C@H]3CC[C@H]2C3)cc1. The molecule has 0 radical (unpaired) electrons. The van der Waals surface area contributed by atoms with E-state index in [2.05, 4.69) is 43.4 Å². The van der Waals surface area contributed by atoms with E-state index in [-0.39, 0.29) is 5.91 Å². The molecule has 1 aromatic carbocycles. The van der Waals surface area contributed by atoms with Gasteiger partial charge in [0, 0.05) is 12.1 Å². The highest BCUT2D eigenvalue weighted by atomic mass is 16.1. The zero-order valence-electron chi connectivity index (χ0n) is 13.7. The largest absolute Gasteiger partial charge is 0.350 e. The summed E-state index contributed by atoms with van der Waals surface area (Å²) in [5, 5.41) is 3.17. The van der Waals surface area contributed by atoms with E-state index in [0.29, 0.717) is 12.0 Å². The van der Waals surface area contributed by atoms with Crippen molar-refractivity contribution in [3.8, 4) is 0 Å². The highest BCUT2D eigenvalue weighted by Gasteiger charge is 2.41. The average Bonchev–Trinajstić information content (AvgIpc) is 3.16. The monoisotopic (exact) mass is 297 g/mol. The summed E-state index contributed by atoms with van der Waals surface area (Å²) >= 11 is 0. The highest BCUT2D eigenvalue weighted by molar-refractivity contribution is 5.91. The first-order chi connectivity index (χ1) is 10.7. The first kappa shape index (κ1) is 15.3. The van der Waals surface area contributed by atoms with E-state index >= 15 is 0 Å². The Morgan fingerprint density at radius 2 is 2.05 bits per heavy atom. The molecule has 0 saturated heterocycles. The van der Waals surface area contributed by atoms with E-state index in [1.54, 1.807) is 6.08 Å². The molecule has 0 aliphatic heterocycles. The lowest BCUT2D eigenvalue weighted by Gasteiger charge is -2.28. The van der Waals surface area contributed by atoms with Crippen molar-refractivity contribution < 1.29 is 4.79 Å². The second-order valence-corrected chi connectivity index (χ2v) is 7.06. The molecule has 2 nitrogen and oxygen atoms in total. The topological polar surface area (TPSA) is 29.1 Å². The molecular weight excluding hydrogens is 270 g/mol. The van der Waals surface area contributed by atoms with Crippen LogP contribution in [-0.2, 0) is 11.2 Å². The van der Waals surface area contributed by atoms with Crippen LogP contribution in [0.3, 0.4) is 0 Å². The van der Waals surface area contributed by atoms with Gasteiger partial charge in [0.25, 0.3) is 0 Å². The fourth-order valence-corrected chi connectivity index (χ4v) is 4.32. The van der Waals surface area contributed by atoms with E-state index in [1.165, 1.54) is 31.2 Å². The van der Waals surface area contributed by atoms with Crippen molar-refractivity contribution in [3.05, 3.63) is 41.5 Å². The average molecular weight is 297 g/mol. The number of aryl methyl sites for hydroxylation is 1. The molecular formula is C20H27NO. The smallest absolute Gasteiger partial charge is 0.244 e. The van der Waals surface area contributed by atoms with Crippen LogP contribution in [0.4, 0.5) is 0 Å². The summed E-state index contributed by atoms with van der Waals surface area (Å²) in [6.45, 7) is 4.32. The molecule has 2 fully saturated rings. The number of hydrogen-bond acceptors (Lipinski definition) is 1. The molecule has 2 aliphatic rings. The van der Waals surface area contributed by atoms with Gasteiger partial charge < -0.3 is 5.32 Å². The summed E-state index contributed by atoms with van der Waals surface area (Å²) in [4.78, 5) is 12.1. The predicted octanol–water partition coefficient (Wildman–Crippen LogP) is 4.20. The van der Waals surface area contributed by atoms with Gasteiger partial charge >= 0.3 is 0 Å². The van der Waals surface area contributed by atoms with E-state index < -0.39 is 0 Å². The molecule has 2 saturated carbocycles. The molecule has 4 atom stereocenters. The van der Waals surface area contributed by atoms with Gasteiger partial charge in [0.05, 0.1) is 0 Å². The van der Waals surface area contributed by atoms with E-state index in [1.807, 2.05) is 6.08 Å². The Labute approximate surface area is 134 Å². The van der Waals surface area contributed by atoms with Gasteiger partial charge in [-0.1, -0.05) is 37.6 Å². The number of amides is 1. The van der Waals surface area contributed by atoms with Crippen molar-refractivity contribution in [1.29, 1.82) is 0 Å². The van der Waals surface area contributed by atoms with Crippen molar-refractivity contribution in [2.45, 2.75) is 52.0 Å². The van der Waals surface area contributed by atoms with Crippen molar-refractivity contribution >= 4 is 12.0 Å². The third kappa shape index (κ3) is 3.43. The van der Waals surface area contributed by atoms with Crippen LogP contribution in [0.1, 0.15) is 50.7 Å². The first-order valence-electron chi connectivity index (χ1n) is 8.73. The molecule has 118 valence electrons. The summed E-state index contributed by atoms with van der Waals surface area (Å²) in [7, 11) is 0. The second kappa shape index (κ2) is 6.68. The van der Waals surface area contributed by atoms with Gasteiger partial charge in [-0.3, -0.25) is 4.79 Å². The molecule has 2 heteroatoms. The maximum atomic E-state index is 12.1. The summed E-state index contributed by atoms with van der Waals surface area (Å²) in [5.74, 6) is 2.52. The number of carbonyl (C=O) groups is 1. The van der Waals surface area contributed by atoms with E-state index in [4.69, 9.17) is 0 Å². The van der Waals surface area contributed by atoms with Gasteiger partial charge in [0.15, 0.2) is 0 Å². The van der Waals surface area contributed by atoms with Crippen LogP contribution in [0.25, 0.3) is 6.08 Å². The molecule has 3 rings (SSSR count). The van der Waals surface area contributed by atoms with Gasteiger partial charge in [0.1, 0.15) is 0 Å². The van der Waals surface area contributed by atoms with E-state index in [0.717, 1.165) is 23.8 Å². The van der Waals surface area contributed by atoms with Crippen LogP contribution in [0, 0.1) is 17.8 Å². The Morgan fingerprint density at radius 3 is 2.64 bits per heavy atom. The number of carbonyl (C=O) groups excluding carboxylic acids is 1. The minimum Gasteiger partial charge on any atom is -0.350 e.